The van der Waals surface area contributed by atoms with Gasteiger partial charge < -0.3 is 37.9 Å². The summed E-state index contributed by atoms with van der Waals surface area (Å²) in [5.74, 6) is 2.86. The molecule has 0 aromatic rings. The van der Waals surface area contributed by atoms with Crippen LogP contribution in [0, 0.1) is 0 Å². The second-order valence-electron chi connectivity index (χ2n) is 11.7. The SMILES string of the molecule is CCCCCCCCCCCC[S-].CCCCCCCCCCCC[S-].CCCCCCCCCCCC[S-].[Sb+3]. The first-order valence-corrected chi connectivity index (χ1v) is 19.7. The van der Waals surface area contributed by atoms with Gasteiger partial charge in [-0.3, -0.25) is 0 Å². The first-order chi connectivity index (χ1) is 19.2. The second kappa shape index (κ2) is 53.4. The van der Waals surface area contributed by atoms with Gasteiger partial charge in [-0.1, -0.05) is 213 Å². The van der Waals surface area contributed by atoms with Crippen LogP contribution in [0.25, 0.3) is 0 Å². The van der Waals surface area contributed by atoms with Crippen LogP contribution >= 0.6 is 0 Å². The van der Waals surface area contributed by atoms with Crippen molar-refractivity contribution in [1.82, 2.24) is 0 Å². The summed E-state index contributed by atoms with van der Waals surface area (Å²) >= 11 is 14.7. The van der Waals surface area contributed by atoms with Gasteiger partial charge in [0.2, 0.25) is 0 Å². The van der Waals surface area contributed by atoms with E-state index in [1.165, 1.54) is 193 Å². The topological polar surface area (TPSA) is 0 Å². The fourth-order valence-electron chi connectivity index (χ4n) is 4.77. The second-order valence-corrected chi connectivity index (χ2v) is 12.9. The van der Waals surface area contributed by atoms with Gasteiger partial charge in [-0.2, -0.15) is 17.3 Å². The third-order valence-corrected chi connectivity index (χ3v) is 8.36. The molecule has 40 heavy (non-hydrogen) atoms. The van der Waals surface area contributed by atoms with Crippen molar-refractivity contribution in [2.75, 3.05) is 17.3 Å². The van der Waals surface area contributed by atoms with Crippen LogP contribution in [-0.4, -0.2) is 41.7 Å². The Hall–Kier alpha value is 1.87. The van der Waals surface area contributed by atoms with Crippen LogP contribution in [0.3, 0.4) is 0 Å². The summed E-state index contributed by atoms with van der Waals surface area (Å²) in [4.78, 5) is 0. The van der Waals surface area contributed by atoms with Gasteiger partial charge in [0.15, 0.2) is 0 Å². The van der Waals surface area contributed by atoms with Crippen molar-refractivity contribution >= 4 is 62.3 Å². The van der Waals surface area contributed by atoms with Crippen molar-refractivity contribution in [3.05, 3.63) is 0 Å². The molecule has 4 heteroatoms. The molecule has 2 radical (unpaired) electrons. The predicted octanol–water partition coefficient (Wildman–Crippen LogP) is 13.0. The Bertz CT molecular complexity index is 273. The summed E-state index contributed by atoms with van der Waals surface area (Å²) < 4.78 is 0. The molecule has 0 saturated heterocycles. The van der Waals surface area contributed by atoms with E-state index in [0.717, 1.165) is 17.3 Å². The summed E-state index contributed by atoms with van der Waals surface area (Å²) in [7, 11) is 0. The summed E-state index contributed by atoms with van der Waals surface area (Å²) in [5.41, 5.74) is 0. The molecule has 0 amide bonds. The van der Waals surface area contributed by atoms with Gasteiger partial charge in [-0.15, -0.1) is 0 Å². The van der Waals surface area contributed by atoms with Gasteiger partial charge in [0.25, 0.3) is 0 Å². The molecule has 0 N–H and O–H groups in total. The molecular formula is C36H75S3Sb. The average Bonchev–Trinajstić information content (AvgIpc) is 2.95. The molecule has 0 unspecified atom stereocenters. The maximum absolute atomic E-state index is 4.90. The van der Waals surface area contributed by atoms with Gasteiger partial charge >= 0.3 is 24.4 Å². The van der Waals surface area contributed by atoms with E-state index in [4.69, 9.17) is 37.9 Å². The van der Waals surface area contributed by atoms with Crippen molar-refractivity contribution in [2.24, 2.45) is 0 Å². The molecule has 0 aliphatic carbocycles. The summed E-state index contributed by atoms with van der Waals surface area (Å²) in [6.07, 6.45) is 42.1. The van der Waals surface area contributed by atoms with E-state index in [1.54, 1.807) is 0 Å². The molecular weight excluding hydrogens is 650 g/mol. The van der Waals surface area contributed by atoms with E-state index in [0.29, 0.717) is 0 Å². The van der Waals surface area contributed by atoms with Crippen molar-refractivity contribution in [1.29, 1.82) is 0 Å². The fourth-order valence-corrected chi connectivity index (χ4v) is 5.38. The van der Waals surface area contributed by atoms with Gasteiger partial charge in [0.05, 0.1) is 0 Å². The normalized spacial score (nSPS) is 10.3. The molecule has 242 valence electrons. The molecule has 0 aromatic carbocycles. The molecule has 0 saturated carbocycles. The van der Waals surface area contributed by atoms with E-state index < -0.39 is 0 Å². The molecule has 0 fully saturated rings. The number of hydrogen-bond donors (Lipinski definition) is 0. The molecule has 0 aliphatic heterocycles. The minimum Gasteiger partial charge on any atom is -0.793 e. The van der Waals surface area contributed by atoms with E-state index in [1.807, 2.05) is 0 Å². The largest absolute Gasteiger partial charge is 3.00 e. The minimum absolute atomic E-state index is 0. The smallest absolute Gasteiger partial charge is 0.793 e. The maximum atomic E-state index is 4.90. The summed E-state index contributed by atoms with van der Waals surface area (Å²) in [6.45, 7) is 6.82. The van der Waals surface area contributed by atoms with Crippen LogP contribution < -0.4 is 0 Å². The quantitative estimate of drug-likeness (QED) is 0.0411. The Morgan fingerprint density at radius 2 is 0.350 bits per heavy atom. The zero-order chi connectivity index (χ0) is 29.3. The van der Waals surface area contributed by atoms with Gasteiger partial charge in [0, 0.05) is 0 Å². The first-order valence-electron chi connectivity index (χ1n) is 18.0. The van der Waals surface area contributed by atoms with E-state index >= 15 is 0 Å². The zero-order valence-electron chi connectivity index (χ0n) is 28.0. The molecule has 0 rings (SSSR count). The van der Waals surface area contributed by atoms with Gasteiger partial charge in [-0.25, -0.2) is 0 Å². The zero-order valence-corrected chi connectivity index (χ0v) is 33.0. The Balaban J connectivity index is -0.000000240. The van der Waals surface area contributed by atoms with Crippen molar-refractivity contribution < 1.29 is 0 Å². The number of hydrogen-bond acceptors (Lipinski definition) is 3. The molecule has 0 atom stereocenters. The average molecular weight is 726 g/mol. The van der Waals surface area contributed by atoms with Crippen LogP contribution in [0.5, 0.6) is 0 Å². The maximum Gasteiger partial charge on any atom is 3.00 e. The van der Waals surface area contributed by atoms with Crippen LogP contribution in [0.15, 0.2) is 0 Å². The van der Waals surface area contributed by atoms with Crippen LogP contribution in [0.1, 0.15) is 213 Å². The van der Waals surface area contributed by atoms with Gasteiger partial charge in [0.1, 0.15) is 0 Å². The minimum atomic E-state index is 0. The van der Waals surface area contributed by atoms with E-state index in [9.17, 15) is 0 Å². The van der Waals surface area contributed by atoms with Crippen LogP contribution in [-0.2, 0) is 37.9 Å². The van der Waals surface area contributed by atoms with Crippen molar-refractivity contribution in [2.45, 2.75) is 213 Å². The summed E-state index contributed by atoms with van der Waals surface area (Å²) in [6, 6.07) is 0. The third-order valence-electron chi connectivity index (χ3n) is 7.49. The monoisotopic (exact) mass is 724 g/mol. The summed E-state index contributed by atoms with van der Waals surface area (Å²) in [5, 5.41) is 0. The van der Waals surface area contributed by atoms with Crippen molar-refractivity contribution in [3.8, 4) is 0 Å². The molecule has 0 aliphatic rings. The Labute approximate surface area is 291 Å². The molecule has 0 heterocycles. The Morgan fingerprint density at radius 3 is 0.475 bits per heavy atom. The first kappa shape index (κ1) is 48.8. The number of unbranched alkanes of at least 4 members (excludes halogenated alkanes) is 27. The van der Waals surface area contributed by atoms with Crippen LogP contribution in [0.2, 0.25) is 0 Å². The standard InChI is InChI=1S/3C12H26S.Sb/c3*1-2-3-4-5-6-7-8-9-10-11-12-13;/h3*13H,2-12H2,1H3;/q;;;+3/p-3. The molecule has 0 aromatic heterocycles. The fraction of sp³-hybridized carbons (Fsp3) is 1.00. The van der Waals surface area contributed by atoms with E-state index in [2.05, 4.69) is 20.8 Å². The van der Waals surface area contributed by atoms with E-state index in [-0.39, 0.29) is 24.4 Å². The third kappa shape index (κ3) is 59.3. The molecule has 0 bridgehead atoms. The van der Waals surface area contributed by atoms with Crippen LogP contribution in [0.4, 0.5) is 0 Å². The number of rotatable bonds is 30. The molecule has 0 nitrogen and oxygen atoms in total. The predicted molar refractivity (Wildman–Crippen MR) is 198 cm³/mol. The van der Waals surface area contributed by atoms with Gasteiger partial charge in [-0.05, 0) is 0 Å². The Morgan fingerprint density at radius 1 is 0.225 bits per heavy atom. The molecule has 0 spiro atoms. The Kier molecular flexibility index (Phi) is 65.1. The van der Waals surface area contributed by atoms with Crippen molar-refractivity contribution in [3.63, 3.8) is 0 Å².